The highest BCUT2D eigenvalue weighted by atomic mass is 35.5. The van der Waals surface area contributed by atoms with Gasteiger partial charge in [0.1, 0.15) is 0 Å². The van der Waals surface area contributed by atoms with Gasteiger partial charge in [0.05, 0.1) is 6.42 Å². The Labute approximate surface area is 117 Å². The molecule has 0 spiro atoms. The van der Waals surface area contributed by atoms with Gasteiger partial charge in [0.2, 0.25) is 5.91 Å². The molecular formula is C11H15Cl3N2O. The second-order valence-electron chi connectivity index (χ2n) is 3.37. The van der Waals surface area contributed by atoms with Crippen molar-refractivity contribution in [1.82, 2.24) is 5.32 Å². The number of carbonyl (C=O) groups excluding carboxylic acids is 1. The first kappa shape index (κ1) is 16.5. The van der Waals surface area contributed by atoms with Crippen LogP contribution in [0.5, 0.6) is 0 Å². The van der Waals surface area contributed by atoms with Crippen LogP contribution in [0.3, 0.4) is 0 Å². The molecule has 1 amide bonds. The normalized spacial score (nSPS) is 9.59. The summed E-state index contributed by atoms with van der Waals surface area (Å²) in [6.45, 7) is 1.14. The molecule has 96 valence electrons. The first-order chi connectivity index (χ1) is 7.65. The summed E-state index contributed by atoms with van der Waals surface area (Å²) in [5.41, 5.74) is 5.99. The third-order valence-electron chi connectivity index (χ3n) is 2.10. The van der Waals surface area contributed by atoms with Gasteiger partial charge in [-0.15, -0.1) is 12.4 Å². The third kappa shape index (κ3) is 5.59. The highest BCUT2D eigenvalue weighted by Gasteiger charge is 2.09. The molecular weight excluding hydrogens is 282 g/mol. The molecule has 0 saturated heterocycles. The van der Waals surface area contributed by atoms with E-state index >= 15 is 0 Å². The summed E-state index contributed by atoms with van der Waals surface area (Å²) in [6, 6.07) is 5.19. The molecule has 0 atom stereocenters. The molecule has 0 bridgehead atoms. The highest BCUT2D eigenvalue weighted by molar-refractivity contribution is 6.36. The first-order valence-electron chi connectivity index (χ1n) is 5.05. The summed E-state index contributed by atoms with van der Waals surface area (Å²) < 4.78 is 0. The van der Waals surface area contributed by atoms with Gasteiger partial charge in [0.15, 0.2) is 0 Å². The highest BCUT2D eigenvalue weighted by Crippen LogP contribution is 2.24. The second-order valence-corrected chi connectivity index (χ2v) is 4.18. The fraction of sp³-hybridized carbons (Fsp3) is 0.364. The summed E-state index contributed by atoms with van der Waals surface area (Å²) in [6.07, 6.45) is 0.963. The zero-order valence-electron chi connectivity index (χ0n) is 9.21. The molecule has 3 N–H and O–H groups in total. The van der Waals surface area contributed by atoms with Crippen LogP contribution in [0, 0.1) is 0 Å². The van der Waals surface area contributed by atoms with E-state index in [9.17, 15) is 4.79 Å². The van der Waals surface area contributed by atoms with Crippen molar-refractivity contribution in [3.63, 3.8) is 0 Å². The van der Waals surface area contributed by atoms with Crippen LogP contribution in [0.2, 0.25) is 10.0 Å². The second kappa shape index (κ2) is 8.59. The number of nitrogens with one attached hydrogen (secondary N) is 1. The lowest BCUT2D eigenvalue weighted by Gasteiger charge is -2.07. The largest absolute Gasteiger partial charge is 0.356 e. The number of amides is 1. The topological polar surface area (TPSA) is 55.1 Å². The van der Waals surface area contributed by atoms with Crippen molar-refractivity contribution in [2.75, 3.05) is 13.1 Å². The van der Waals surface area contributed by atoms with E-state index in [0.29, 0.717) is 28.7 Å². The van der Waals surface area contributed by atoms with E-state index < -0.39 is 0 Å². The molecule has 3 nitrogen and oxygen atoms in total. The Kier molecular flexibility index (Phi) is 8.35. The molecule has 1 rings (SSSR count). The maximum Gasteiger partial charge on any atom is 0.224 e. The van der Waals surface area contributed by atoms with Gasteiger partial charge in [0.25, 0.3) is 0 Å². The average Bonchev–Trinajstić information content (AvgIpc) is 2.24. The van der Waals surface area contributed by atoms with Crippen molar-refractivity contribution in [3.05, 3.63) is 33.8 Å². The smallest absolute Gasteiger partial charge is 0.224 e. The monoisotopic (exact) mass is 296 g/mol. The van der Waals surface area contributed by atoms with Gasteiger partial charge in [-0.3, -0.25) is 4.79 Å². The zero-order valence-corrected chi connectivity index (χ0v) is 11.5. The molecule has 0 heterocycles. The number of carbonyl (C=O) groups is 1. The molecule has 0 aliphatic carbocycles. The Balaban J connectivity index is 0.00000256. The summed E-state index contributed by atoms with van der Waals surface area (Å²) >= 11 is 11.9. The molecule has 17 heavy (non-hydrogen) atoms. The summed E-state index contributed by atoms with van der Waals surface area (Å²) in [7, 11) is 0. The lowest BCUT2D eigenvalue weighted by Crippen LogP contribution is -2.27. The van der Waals surface area contributed by atoms with Crippen molar-refractivity contribution < 1.29 is 4.79 Å². The van der Waals surface area contributed by atoms with Crippen LogP contribution in [-0.4, -0.2) is 19.0 Å². The number of halogens is 3. The van der Waals surface area contributed by atoms with Crippen LogP contribution >= 0.6 is 35.6 Å². The van der Waals surface area contributed by atoms with E-state index in [0.717, 1.165) is 6.42 Å². The Morgan fingerprint density at radius 2 is 1.88 bits per heavy atom. The lowest BCUT2D eigenvalue weighted by atomic mass is 10.1. The van der Waals surface area contributed by atoms with Crippen molar-refractivity contribution in [2.24, 2.45) is 5.73 Å². The Bertz CT molecular complexity index is 351. The van der Waals surface area contributed by atoms with E-state index in [1.165, 1.54) is 0 Å². The number of nitrogens with two attached hydrogens (primary N) is 1. The Morgan fingerprint density at radius 3 is 2.41 bits per heavy atom. The molecule has 0 aliphatic rings. The van der Waals surface area contributed by atoms with Crippen LogP contribution in [0.4, 0.5) is 0 Å². The van der Waals surface area contributed by atoms with Crippen LogP contribution in [0.15, 0.2) is 18.2 Å². The molecule has 0 saturated carbocycles. The van der Waals surface area contributed by atoms with Gasteiger partial charge >= 0.3 is 0 Å². The number of hydrogen-bond acceptors (Lipinski definition) is 2. The maximum absolute atomic E-state index is 11.5. The molecule has 1 aromatic rings. The molecule has 0 unspecified atom stereocenters. The van der Waals surface area contributed by atoms with Crippen molar-refractivity contribution >= 4 is 41.5 Å². The molecule has 0 radical (unpaired) electrons. The predicted molar refractivity (Wildman–Crippen MR) is 74.1 cm³/mol. The Morgan fingerprint density at radius 1 is 1.29 bits per heavy atom. The fourth-order valence-electron chi connectivity index (χ4n) is 1.25. The number of benzene rings is 1. The third-order valence-corrected chi connectivity index (χ3v) is 2.81. The van der Waals surface area contributed by atoms with Crippen molar-refractivity contribution in [3.8, 4) is 0 Å². The van der Waals surface area contributed by atoms with Gasteiger partial charge in [-0.25, -0.2) is 0 Å². The molecule has 6 heteroatoms. The van der Waals surface area contributed by atoms with Gasteiger partial charge < -0.3 is 11.1 Å². The molecule has 1 aromatic carbocycles. The minimum Gasteiger partial charge on any atom is -0.356 e. The van der Waals surface area contributed by atoms with E-state index in [4.69, 9.17) is 28.9 Å². The fourth-order valence-corrected chi connectivity index (χ4v) is 1.79. The summed E-state index contributed by atoms with van der Waals surface area (Å²) in [5, 5.41) is 3.78. The molecule has 0 aliphatic heterocycles. The average molecular weight is 298 g/mol. The maximum atomic E-state index is 11.5. The standard InChI is InChI=1S/C11H14Cl2N2O.ClH/c12-9-3-1-4-10(13)8(9)7-11(16)15-6-2-5-14;/h1,3-4H,2,5-7,14H2,(H,15,16);1H. The predicted octanol–water partition coefficient (Wildman–Crippen LogP) is 2.42. The minimum atomic E-state index is -0.0940. The summed E-state index contributed by atoms with van der Waals surface area (Å²) in [4.78, 5) is 11.5. The van der Waals surface area contributed by atoms with E-state index in [1.807, 2.05) is 0 Å². The van der Waals surface area contributed by atoms with E-state index in [2.05, 4.69) is 5.32 Å². The minimum absolute atomic E-state index is 0. The van der Waals surface area contributed by atoms with Crippen LogP contribution in [0.25, 0.3) is 0 Å². The first-order valence-corrected chi connectivity index (χ1v) is 5.80. The van der Waals surface area contributed by atoms with Gasteiger partial charge in [-0.05, 0) is 30.7 Å². The van der Waals surface area contributed by atoms with Crippen LogP contribution in [0.1, 0.15) is 12.0 Å². The van der Waals surface area contributed by atoms with E-state index in [1.54, 1.807) is 18.2 Å². The van der Waals surface area contributed by atoms with Crippen molar-refractivity contribution in [1.29, 1.82) is 0 Å². The van der Waals surface area contributed by atoms with Gasteiger partial charge in [-0.2, -0.15) is 0 Å². The molecule has 0 fully saturated rings. The zero-order chi connectivity index (χ0) is 12.0. The Hall–Kier alpha value is -0.480. The van der Waals surface area contributed by atoms with Gasteiger partial charge in [-0.1, -0.05) is 29.3 Å². The van der Waals surface area contributed by atoms with Crippen LogP contribution in [-0.2, 0) is 11.2 Å². The lowest BCUT2D eigenvalue weighted by molar-refractivity contribution is -0.120. The quantitative estimate of drug-likeness (QED) is 0.820. The van der Waals surface area contributed by atoms with Crippen LogP contribution < -0.4 is 11.1 Å². The number of rotatable bonds is 5. The SMILES string of the molecule is Cl.NCCCNC(=O)Cc1c(Cl)cccc1Cl. The summed E-state index contributed by atoms with van der Waals surface area (Å²) in [5.74, 6) is -0.0940. The molecule has 0 aromatic heterocycles. The van der Waals surface area contributed by atoms with E-state index in [-0.39, 0.29) is 24.7 Å². The van der Waals surface area contributed by atoms with Crippen molar-refractivity contribution in [2.45, 2.75) is 12.8 Å². The van der Waals surface area contributed by atoms with Gasteiger partial charge in [0, 0.05) is 16.6 Å². The number of hydrogen-bond donors (Lipinski definition) is 2.